The molecule has 0 fully saturated rings. The minimum absolute atomic E-state index is 0.528. The molecule has 0 aliphatic rings. The van der Waals surface area contributed by atoms with Crippen LogP contribution >= 0.6 is 18.0 Å². The van der Waals surface area contributed by atoms with E-state index in [4.69, 9.17) is 4.52 Å². The van der Waals surface area contributed by atoms with Gasteiger partial charge in [-0.2, -0.15) is 0 Å². The Hall–Kier alpha value is 0.500. The molecule has 0 saturated carbocycles. The van der Waals surface area contributed by atoms with E-state index in [-0.39, 0.29) is 0 Å². The van der Waals surface area contributed by atoms with Crippen molar-refractivity contribution >= 4 is 18.0 Å². The summed E-state index contributed by atoms with van der Waals surface area (Å²) in [5.41, 5.74) is 0. The van der Waals surface area contributed by atoms with Crippen LogP contribution in [0.4, 0.5) is 0 Å². The van der Waals surface area contributed by atoms with Gasteiger partial charge in [-0.1, -0.05) is 11.4 Å². The van der Waals surface area contributed by atoms with Gasteiger partial charge in [-0.3, -0.25) is 4.57 Å². The fourth-order valence-electron chi connectivity index (χ4n) is 0.585. The average Bonchev–Trinajstić information content (AvgIpc) is 1.87. The average molecular weight is 197 g/mol. The Balaban J connectivity index is 3.47. The highest BCUT2D eigenvalue weighted by Crippen LogP contribution is 2.55. The zero-order chi connectivity index (χ0) is 8.74. The topological polar surface area (TPSA) is 38.3 Å². The normalized spacial score (nSPS) is 16.3. The third-order valence-electron chi connectivity index (χ3n) is 1.04. The lowest BCUT2D eigenvalue weighted by atomic mass is 10.8. The summed E-state index contributed by atoms with van der Waals surface area (Å²) in [6.07, 6.45) is 0. The zero-order valence-corrected chi connectivity index (χ0v) is 9.00. The van der Waals surface area contributed by atoms with Gasteiger partial charge in [-0.15, -0.1) is 0 Å². The first-order valence-electron chi connectivity index (χ1n) is 3.63. The van der Waals surface area contributed by atoms with Crippen LogP contribution in [0.25, 0.3) is 0 Å². The lowest BCUT2D eigenvalue weighted by Gasteiger charge is -2.10. The highest BCUT2D eigenvalue weighted by molar-refractivity contribution is 8.56. The van der Waals surface area contributed by atoms with Gasteiger partial charge in [0, 0.05) is 19.0 Å². The Morgan fingerprint density at radius 1 is 1.64 bits per heavy atom. The Morgan fingerprint density at radius 2 is 2.27 bits per heavy atom. The lowest BCUT2D eigenvalue weighted by molar-refractivity contribution is 0.350. The molecule has 0 heterocycles. The summed E-state index contributed by atoms with van der Waals surface area (Å²) < 4.78 is 16.5. The molecule has 0 aliphatic heterocycles. The highest BCUT2D eigenvalue weighted by atomic mass is 32.7. The SMILES string of the molecule is CCOP(C)(=O)SCCNC. The van der Waals surface area contributed by atoms with Crippen LogP contribution in [-0.4, -0.2) is 32.6 Å². The van der Waals surface area contributed by atoms with Crippen molar-refractivity contribution in [3.63, 3.8) is 0 Å². The number of hydrogen-bond donors (Lipinski definition) is 1. The summed E-state index contributed by atoms with van der Waals surface area (Å²) in [5, 5.41) is 2.98. The van der Waals surface area contributed by atoms with E-state index < -0.39 is 6.57 Å². The standard InChI is InChI=1S/C6H16NO2PS/c1-4-9-10(3,8)11-6-5-7-2/h7H,4-6H2,1-3H3. The fraction of sp³-hybridized carbons (Fsp3) is 1.00. The Bertz CT molecular complexity index is 143. The molecule has 0 spiro atoms. The molecule has 0 bridgehead atoms. The number of hydrogen-bond acceptors (Lipinski definition) is 4. The summed E-state index contributed by atoms with van der Waals surface area (Å²) in [7, 11) is 1.88. The molecule has 11 heavy (non-hydrogen) atoms. The molecule has 0 saturated heterocycles. The zero-order valence-electron chi connectivity index (χ0n) is 7.29. The molecule has 3 nitrogen and oxygen atoms in total. The summed E-state index contributed by atoms with van der Waals surface area (Å²) in [5.74, 6) is 0.838. The lowest BCUT2D eigenvalue weighted by Crippen LogP contribution is -2.09. The molecular weight excluding hydrogens is 181 g/mol. The van der Waals surface area contributed by atoms with E-state index in [1.807, 2.05) is 14.0 Å². The van der Waals surface area contributed by atoms with Crippen LogP contribution in [0.2, 0.25) is 0 Å². The van der Waals surface area contributed by atoms with Crippen LogP contribution in [0.15, 0.2) is 0 Å². The largest absolute Gasteiger partial charge is 0.322 e. The first-order valence-corrected chi connectivity index (χ1v) is 7.30. The van der Waals surface area contributed by atoms with Crippen molar-refractivity contribution in [2.45, 2.75) is 6.92 Å². The highest BCUT2D eigenvalue weighted by Gasteiger charge is 2.14. The van der Waals surface area contributed by atoms with Gasteiger partial charge in [0.2, 0.25) is 0 Å². The molecule has 0 aromatic carbocycles. The van der Waals surface area contributed by atoms with Gasteiger partial charge in [0.25, 0.3) is 6.57 Å². The molecule has 0 amide bonds. The van der Waals surface area contributed by atoms with E-state index in [9.17, 15) is 4.57 Å². The van der Waals surface area contributed by atoms with E-state index >= 15 is 0 Å². The maximum absolute atomic E-state index is 11.4. The van der Waals surface area contributed by atoms with Crippen molar-refractivity contribution in [3.05, 3.63) is 0 Å². The predicted octanol–water partition coefficient (Wildman–Crippen LogP) is 1.80. The molecule has 0 aromatic heterocycles. The van der Waals surface area contributed by atoms with Crippen LogP contribution < -0.4 is 5.32 Å². The van der Waals surface area contributed by atoms with E-state index in [0.29, 0.717) is 6.61 Å². The molecule has 5 heteroatoms. The van der Waals surface area contributed by atoms with Gasteiger partial charge in [0.1, 0.15) is 0 Å². The van der Waals surface area contributed by atoms with E-state index in [2.05, 4.69) is 5.32 Å². The molecular formula is C6H16NO2PS. The van der Waals surface area contributed by atoms with Gasteiger partial charge in [-0.05, 0) is 14.0 Å². The maximum Gasteiger partial charge on any atom is 0.254 e. The molecule has 1 N–H and O–H groups in total. The Kier molecular flexibility index (Phi) is 6.34. The van der Waals surface area contributed by atoms with Crippen LogP contribution in [0.3, 0.4) is 0 Å². The van der Waals surface area contributed by atoms with E-state index in [1.165, 1.54) is 11.4 Å². The van der Waals surface area contributed by atoms with E-state index in [0.717, 1.165) is 12.3 Å². The van der Waals surface area contributed by atoms with Crippen LogP contribution in [-0.2, 0) is 9.09 Å². The predicted molar refractivity (Wildman–Crippen MR) is 51.5 cm³/mol. The van der Waals surface area contributed by atoms with Crippen molar-refractivity contribution in [2.24, 2.45) is 0 Å². The molecule has 68 valence electrons. The monoisotopic (exact) mass is 197 g/mol. The van der Waals surface area contributed by atoms with Crippen molar-refractivity contribution in [3.8, 4) is 0 Å². The molecule has 0 rings (SSSR count). The first kappa shape index (κ1) is 11.5. The molecule has 0 aliphatic carbocycles. The van der Waals surface area contributed by atoms with E-state index in [1.54, 1.807) is 6.66 Å². The second-order valence-corrected chi connectivity index (χ2v) is 7.36. The van der Waals surface area contributed by atoms with Gasteiger partial charge in [0.15, 0.2) is 0 Å². The molecule has 0 radical (unpaired) electrons. The van der Waals surface area contributed by atoms with Gasteiger partial charge >= 0.3 is 0 Å². The van der Waals surface area contributed by atoms with Crippen LogP contribution in [0.5, 0.6) is 0 Å². The van der Waals surface area contributed by atoms with Crippen molar-refractivity contribution < 1.29 is 9.09 Å². The molecule has 1 atom stereocenters. The minimum Gasteiger partial charge on any atom is -0.322 e. The Morgan fingerprint density at radius 3 is 2.73 bits per heavy atom. The minimum atomic E-state index is -2.35. The maximum atomic E-state index is 11.4. The molecule has 1 unspecified atom stereocenters. The summed E-state index contributed by atoms with van der Waals surface area (Å²) in [6, 6.07) is 0. The third kappa shape index (κ3) is 6.88. The number of rotatable bonds is 6. The summed E-state index contributed by atoms with van der Waals surface area (Å²) in [4.78, 5) is 0. The van der Waals surface area contributed by atoms with Crippen LogP contribution in [0, 0.1) is 0 Å². The fourth-order valence-corrected chi connectivity index (χ4v) is 3.56. The van der Waals surface area contributed by atoms with Crippen molar-refractivity contribution in [1.82, 2.24) is 5.32 Å². The summed E-state index contributed by atoms with van der Waals surface area (Å²) in [6.45, 7) is 2.57. The van der Waals surface area contributed by atoms with Crippen LogP contribution in [0.1, 0.15) is 6.92 Å². The Labute approximate surface area is 72.5 Å². The van der Waals surface area contributed by atoms with Gasteiger partial charge in [-0.25, -0.2) is 0 Å². The van der Waals surface area contributed by atoms with Crippen molar-refractivity contribution in [1.29, 1.82) is 0 Å². The smallest absolute Gasteiger partial charge is 0.254 e. The number of nitrogens with one attached hydrogen (secondary N) is 1. The second-order valence-electron chi connectivity index (χ2n) is 2.13. The third-order valence-corrected chi connectivity index (χ3v) is 4.90. The van der Waals surface area contributed by atoms with Gasteiger partial charge in [0.05, 0.1) is 6.61 Å². The molecule has 0 aromatic rings. The van der Waals surface area contributed by atoms with Gasteiger partial charge < -0.3 is 9.84 Å². The second kappa shape index (κ2) is 6.06. The van der Waals surface area contributed by atoms with Crippen molar-refractivity contribution in [2.75, 3.05) is 32.6 Å². The quantitative estimate of drug-likeness (QED) is 0.520. The first-order chi connectivity index (χ1) is 5.12. The summed E-state index contributed by atoms with van der Waals surface area (Å²) >= 11 is 1.40.